The van der Waals surface area contributed by atoms with Gasteiger partial charge in [0.25, 0.3) is 0 Å². The van der Waals surface area contributed by atoms with Gasteiger partial charge >= 0.3 is 5.97 Å². The lowest BCUT2D eigenvalue weighted by Gasteiger charge is -2.03. The Morgan fingerprint density at radius 3 is 2.60 bits per heavy atom. The van der Waals surface area contributed by atoms with Gasteiger partial charge in [0, 0.05) is 6.20 Å². The normalized spacial score (nSPS) is 23.1. The van der Waals surface area contributed by atoms with E-state index in [2.05, 4.69) is 10.4 Å². The van der Waals surface area contributed by atoms with E-state index in [1.807, 2.05) is 0 Å². The highest BCUT2D eigenvalue weighted by Gasteiger charge is 2.65. The molecule has 0 unspecified atom stereocenters. The zero-order valence-electron chi connectivity index (χ0n) is 11.2. The number of hydrogen-bond donors (Lipinski definition) is 3. The topological polar surface area (TPSA) is 127 Å². The molecule has 1 heterocycles. The number of carboxylic acid groups (broad SMARTS) is 1. The summed E-state index contributed by atoms with van der Waals surface area (Å²) in [6.07, 6.45) is 2.85. The van der Waals surface area contributed by atoms with Gasteiger partial charge in [0.15, 0.2) is 0 Å². The minimum absolute atomic E-state index is 0.0808. The first-order chi connectivity index (χ1) is 9.23. The van der Waals surface area contributed by atoms with Crippen molar-refractivity contribution in [3.8, 4) is 0 Å². The molecule has 1 aliphatic rings. The second kappa shape index (κ2) is 4.62. The van der Waals surface area contributed by atoms with Crippen LogP contribution in [-0.4, -0.2) is 32.7 Å². The number of primary amides is 1. The minimum atomic E-state index is -0.973. The molecule has 4 N–H and O–H groups in total. The predicted octanol–water partition coefficient (Wildman–Crippen LogP) is -0.336. The first kappa shape index (κ1) is 14.0. The zero-order chi connectivity index (χ0) is 15.1. The Hall–Kier alpha value is -2.38. The third-order valence-electron chi connectivity index (χ3n) is 3.59. The summed E-state index contributed by atoms with van der Waals surface area (Å²) in [5.74, 6) is -3.12. The van der Waals surface area contributed by atoms with E-state index in [0.29, 0.717) is 5.69 Å². The fraction of sp³-hybridized carbons (Fsp3) is 0.500. The maximum atomic E-state index is 12.0. The van der Waals surface area contributed by atoms with Crippen LogP contribution in [0.2, 0.25) is 0 Å². The van der Waals surface area contributed by atoms with Crippen molar-refractivity contribution in [1.29, 1.82) is 0 Å². The van der Waals surface area contributed by atoms with E-state index in [9.17, 15) is 14.4 Å². The highest BCUT2D eigenvalue weighted by molar-refractivity contribution is 5.99. The zero-order valence-corrected chi connectivity index (χ0v) is 11.2. The lowest BCUT2D eigenvalue weighted by molar-refractivity contribution is -0.140. The van der Waals surface area contributed by atoms with Crippen LogP contribution in [0.15, 0.2) is 12.4 Å². The molecule has 2 rings (SSSR count). The Morgan fingerprint density at radius 1 is 1.45 bits per heavy atom. The van der Waals surface area contributed by atoms with Crippen LogP contribution in [0.3, 0.4) is 0 Å². The van der Waals surface area contributed by atoms with Gasteiger partial charge in [0.1, 0.15) is 6.54 Å². The number of carboxylic acids is 1. The summed E-state index contributed by atoms with van der Waals surface area (Å²) < 4.78 is 1.30. The molecule has 108 valence electrons. The number of aromatic nitrogens is 2. The maximum Gasteiger partial charge on any atom is 0.307 e. The van der Waals surface area contributed by atoms with Crippen molar-refractivity contribution in [2.75, 3.05) is 5.32 Å². The van der Waals surface area contributed by atoms with Gasteiger partial charge in [-0.2, -0.15) is 5.10 Å². The summed E-state index contributed by atoms with van der Waals surface area (Å²) in [5, 5.41) is 15.5. The molecule has 1 aromatic heterocycles. The Labute approximate surface area is 114 Å². The van der Waals surface area contributed by atoms with E-state index < -0.39 is 29.1 Å². The molecule has 20 heavy (non-hydrogen) atoms. The number of hydrogen-bond acceptors (Lipinski definition) is 4. The second-order valence-corrected chi connectivity index (χ2v) is 5.50. The molecule has 1 aliphatic carbocycles. The molecule has 0 aromatic carbocycles. The second-order valence-electron chi connectivity index (χ2n) is 5.50. The van der Waals surface area contributed by atoms with Crippen LogP contribution >= 0.6 is 0 Å². The fourth-order valence-corrected chi connectivity index (χ4v) is 2.48. The molecular formula is C12H16N4O4. The molecule has 2 atom stereocenters. The summed E-state index contributed by atoms with van der Waals surface area (Å²) in [6.45, 7) is 3.40. The lowest BCUT2D eigenvalue weighted by Crippen LogP contribution is -2.19. The third-order valence-corrected chi connectivity index (χ3v) is 3.59. The molecule has 0 radical (unpaired) electrons. The monoisotopic (exact) mass is 280 g/mol. The number of carbonyl (C=O) groups is 3. The fourth-order valence-electron chi connectivity index (χ4n) is 2.48. The molecule has 1 fully saturated rings. The smallest absolute Gasteiger partial charge is 0.307 e. The standard InChI is InChI=1S/C12H16N4O4/c1-12(2)8(9(12)11(19)20)10(18)15-6-3-14-16(4-6)5-7(13)17/h3-4,8-9H,5H2,1-2H3,(H2,13,17)(H,15,18)(H,19,20)/t8-,9+/m1/s1. The molecule has 1 saturated carbocycles. The number of rotatable bonds is 5. The number of nitrogens with zero attached hydrogens (tertiary/aromatic N) is 2. The molecule has 2 amide bonds. The van der Waals surface area contributed by atoms with Crippen LogP contribution in [0.25, 0.3) is 0 Å². The Morgan fingerprint density at radius 2 is 2.10 bits per heavy atom. The molecule has 0 saturated heterocycles. The molecule has 8 heteroatoms. The van der Waals surface area contributed by atoms with E-state index in [-0.39, 0.29) is 12.5 Å². The lowest BCUT2D eigenvalue weighted by atomic mass is 10.1. The van der Waals surface area contributed by atoms with Crippen LogP contribution in [0.4, 0.5) is 5.69 Å². The van der Waals surface area contributed by atoms with Gasteiger partial charge in [-0.3, -0.25) is 19.1 Å². The first-order valence-electron chi connectivity index (χ1n) is 6.08. The summed E-state index contributed by atoms with van der Waals surface area (Å²) in [4.78, 5) is 33.8. The Kier molecular flexibility index (Phi) is 3.24. The Bertz CT molecular complexity index is 578. The maximum absolute atomic E-state index is 12.0. The number of anilines is 1. The predicted molar refractivity (Wildman–Crippen MR) is 68.4 cm³/mol. The van der Waals surface area contributed by atoms with Crippen molar-refractivity contribution in [1.82, 2.24) is 9.78 Å². The van der Waals surface area contributed by atoms with Crippen LogP contribution < -0.4 is 11.1 Å². The average Bonchev–Trinajstić information content (AvgIpc) is 2.63. The molecule has 0 spiro atoms. The molecule has 8 nitrogen and oxygen atoms in total. The van der Waals surface area contributed by atoms with Crippen molar-refractivity contribution in [2.24, 2.45) is 23.0 Å². The van der Waals surface area contributed by atoms with Crippen LogP contribution in [0.5, 0.6) is 0 Å². The molecule has 1 aromatic rings. The molecule has 0 aliphatic heterocycles. The van der Waals surface area contributed by atoms with E-state index in [1.165, 1.54) is 17.1 Å². The molecular weight excluding hydrogens is 264 g/mol. The van der Waals surface area contributed by atoms with Crippen molar-refractivity contribution < 1.29 is 19.5 Å². The van der Waals surface area contributed by atoms with Crippen LogP contribution in [0.1, 0.15) is 13.8 Å². The van der Waals surface area contributed by atoms with Gasteiger partial charge in [0.2, 0.25) is 11.8 Å². The van der Waals surface area contributed by atoms with Gasteiger partial charge in [-0.25, -0.2) is 0 Å². The van der Waals surface area contributed by atoms with Crippen LogP contribution in [0, 0.1) is 17.3 Å². The van der Waals surface area contributed by atoms with Gasteiger partial charge in [0.05, 0.1) is 23.7 Å². The minimum Gasteiger partial charge on any atom is -0.481 e. The van der Waals surface area contributed by atoms with Gasteiger partial charge in [-0.15, -0.1) is 0 Å². The molecule has 0 bridgehead atoms. The van der Waals surface area contributed by atoms with Crippen molar-refractivity contribution in [3.63, 3.8) is 0 Å². The van der Waals surface area contributed by atoms with Gasteiger partial charge in [-0.05, 0) is 5.41 Å². The van der Waals surface area contributed by atoms with E-state index in [1.54, 1.807) is 13.8 Å². The van der Waals surface area contributed by atoms with Gasteiger partial charge in [-0.1, -0.05) is 13.8 Å². The largest absolute Gasteiger partial charge is 0.481 e. The van der Waals surface area contributed by atoms with Crippen LogP contribution in [-0.2, 0) is 20.9 Å². The summed E-state index contributed by atoms with van der Waals surface area (Å²) in [6, 6.07) is 0. The highest BCUT2D eigenvalue weighted by Crippen LogP contribution is 2.58. The average molecular weight is 280 g/mol. The third kappa shape index (κ3) is 2.49. The van der Waals surface area contributed by atoms with Gasteiger partial charge < -0.3 is 16.2 Å². The number of carbonyl (C=O) groups excluding carboxylic acids is 2. The summed E-state index contributed by atoms with van der Waals surface area (Å²) >= 11 is 0. The summed E-state index contributed by atoms with van der Waals surface area (Å²) in [5.41, 5.74) is 4.88. The van der Waals surface area contributed by atoms with E-state index in [0.717, 1.165) is 0 Å². The van der Waals surface area contributed by atoms with E-state index in [4.69, 9.17) is 10.8 Å². The SMILES string of the molecule is CC1(C)[C@H](C(=O)O)[C@@H]1C(=O)Nc1cnn(CC(N)=O)c1. The van der Waals surface area contributed by atoms with Crippen molar-refractivity contribution >= 4 is 23.5 Å². The summed E-state index contributed by atoms with van der Waals surface area (Å²) in [7, 11) is 0. The number of aliphatic carboxylic acids is 1. The quantitative estimate of drug-likeness (QED) is 0.680. The highest BCUT2D eigenvalue weighted by atomic mass is 16.4. The van der Waals surface area contributed by atoms with E-state index >= 15 is 0 Å². The van der Waals surface area contributed by atoms with Crippen molar-refractivity contribution in [3.05, 3.63) is 12.4 Å². The number of nitrogens with one attached hydrogen (secondary N) is 1. The number of nitrogens with two attached hydrogens (primary N) is 1. The first-order valence-corrected chi connectivity index (χ1v) is 6.08. The van der Waals surface area contributed by atoms with Crippen molar-refractivity contribution in [2.45, 2.75) is 20.4 Å². The Balaban J connectivity index is 2.01. The number of amides is 2.